The number of fused-ring (bicyclic) bond motifs is 1. The quantitative estimate of drug-likeness (QED) is 0.920. The molecule has 0 atom stereocenters. The fraction of sp³-hybridized carbons (Fsp3) is 0.375. The molecule has 2 heterocycles. The third kappa shape index (κ3) is 3.68. The Morgan fingerprint density at radius 1 is 1.17 bits per heavy atom. The number of benzene rings is 1. The van der Waals surface area contributed by atoms with Crippen LogP contribution in [0, 0.1) is 0 Å². The summed E-state index contributed by atoms with van der Waals surface area (Å²) < 4.78 is 24.4. The molecule has 7 heteroatoms. The number of carbonyl (C=O) groups is 1. The van der Waals surface area contributed by atoms with Gasteiger partial charge >= 0.3 is 0 Å². The van der Waals surface area contributed by atoms with Crippen LogP contribution in [0.2, 0.25) is 0 Å². The highest BCUT2D eigenvalue weighted by atomic mass is 32.2. The Morgan fingerprint density at radius 2 is 1.87 bits per heavy atom. The van der Waals surface area contributed by atoms with Crippen LogP contribution in [0.4, 0.5) is 0 Å². The first-order valence-electron chi connectivity index (χ1n) is 7.55. The Hall–Kier alpha value is -1.99. The highest BCUT2D eigenvalue weighted by molar-refractivity contribution is 7.88. The lowest BCUT2D eigenvalue weighted by Gasteiger charge is -2.30. The molecule has 0 radical (unpaired) electrons. The van der Waals surface area contributed by atoms with E-state index in [9.17, 15) is 13.2 Å². The summed E-state index contributed by atoms with van der Waals surface area (Å²) in [6.07, 6.45) is 2.45. The molecular formula is C16H19N3O3S. The van der Waals surface area contributed by atoms with Gasteiger partial charge in [-0.25, -0.2) is 17.7 Å². The fourth-order valence-electron chi connectivity index (χ4n) is 2.78. The molecule has 0 spiro atoms. The molecule has 0 unspecified atom stereocenters. The summed E-state index contributed by atoms with van der Waals surface area (Å²) in [6, 6.07) is 11.2. The van der Waals surface area contributed by atoms with Crippen LogP contribution in [-0.4, -0.2) is 49.0 Å². The number of pyridine rings is 1. The van der Waals surface area contributed by atoms with Crippen LogP contribution in [0.15, 0.2) is 36.4 Å². The summed E-state index contributed by atoms with van der Waals surface area (Å²) in [4.78, 5) is 16.7. The number of piperidine rings is 1. The molecule has 1 amide bonds. The van der Waals surface area contributed by atoms with E-state index in [2.05, 4.69) is 10.3 Å². The van der Waals surface area contributed by atoms with Crippen molar-refractivity contribution in [2.45, 2.75) is 18.9 Å². The van der Waals surface area contributed by atoms with Crippen LogP contribution in [-0.2, 0) is 10.0 Å². The molecule has 0 saturated carbocycles. The molecule has 1 N–H and O–H groups in total. The zero-order valence-electron chi connectivity index (χ0n) is 12.9. The Balaban J connectivity index is 1.65. The lowest BCUT2D eigenvalue weighted by atomic mass is 10.1. The van der Waals surface area contributed by atoms with Gasteiger partial charge in [0, 0.05) is 24.5 Å². The minimum Gasteiger partial charge on any atom is -0.348 e. The normalized spacial score (nSPS) is 17.3. The van der Waals surface area contributed by atoms with Crippen LogP contribution < -0.4 is 5.32 Å². The van der Waals surface area contributed by atoms with Crippen molar-refractivity contribution >= 4 is 26.8 Å². The number of hydrogen-bond donors (Lipinski definition) is 1. The molecule has 2 aromatic rings. The minimum absolute atomic E-state index is 0.0197. The molecule has 1 aromatic heterocycles. The first-order valence-corrected chi connectivity index (χ1v) is 9.40. The maximum Gasteiger partial charge on any atom is 0.270 e. The van der Waals surface area contributed by atoms with Gasteiger partial charge in [0.2, 0.25) is 10.0 Å². The lowest BCUT2D eigenvalue weighted by molar-refractivity contribution is 0.0919. The number of nitrogens with zero attached hydrogens (tertiary/aromatic N) is 2. The van der Waals surface area contributed by atoms with Crippen molar-refractivity contribution in [3.05, 3.63) is 42.1 Å². The molecule has 1 aromatic carbocycles. The second-order valence-corrected chi connectivity index (χ2v) is 7.78. The summed E-state index contributed by atoms with van der Waals surface area (Å²) in [5.74, 6) is -0.214. The van der Waals surface area contributed by atoms with Crippen molar-refractivity contribution in [1.29, 1.82) is 0 Å². The smallest absolute Gasteiger partial charge is 0.270 e. The van der Waals surface area contributed by atoms with Crippen LogP contribution in [0.25, 0.3) is 10.9 Å². The predicted octanol–water partition coefficient (Wildman–Crippen LogP) is 1.39. The molecule has 1 saturated heterocycles. The summed E-state index contributed by atoms with van der Waals surface area (Å²) in [7, 11) is -3.15. The summed E-state index contributed by atoms with van der Waals surface area (Å²) >= 11 is 0. The highest BCUT2D eigenvalue weighted by Gasteiger charge is 2.26. The van der Waals surface area contributed by atoms with Crippen LogP contribution in [0.3, 0.4) is 0 Å². The molecule has 6 nitrogen and oxygen atoms in total. The number of carbonyl (C=O) groups excluding carboxylic acids is 1. The van der Waals surface area contributed by atoms with E-state index in [1.165, 1.54) is 10.6 Å². The third-order valence-electron chi connectivity index (χ3n) is 4.09. The van der Waals surface area contributed by atoms with Crippen molar-refractivity contribution in [3.63, 3.8) is 0 Å². The number of aromatic nitrogens is 1. The summed E-state index contributed by atoms with van der Waals surface area (Å²) in [5, 5.41) is 3.94. The van der Waals surface area contributed by atoms with Gasteiger partial charge in [0.1, 0.15) is 5.69 Å². The van der Waals surface area contributed by atoms with Crippen LogP contribution in [0.5, 0.6) is 0 Å². The van der Waals surface area contributed by atoms with Gasteiger partial charge in [-0.2, -0.15) is 0 Å². The molecule has 0 aliphatic carbocycles. The first kappa shape index (κ1) is 15.9. The zero-order chi connectivity index (χ0) is 16.4. The molecule has 1 aliphatic heterocycles. The second-order valence-electron chi connectivity index (χ2n) is 5.80. The molecule has 23 heavy (non-hydrogen) atoms. The van der Waals surface area contributed by atoms with E-state index in [1.807, 2.05) is 30.3 Å². The molecule has 122 valence electrons. The van der Waals surface area contributed by atoms with E-state index >= 15 is 0 Å². The van der Waals surface area contributed by atoms with Gasteiger partial charge in [0.05, 0.1) is 11.8 Å². The number of rotatable bonds is 3. The van der Waals surface area contributed by atoms with Gasteiger partial charge in [-0.05, 0) is 25.0 Å². The van der Waals surface area contributed by atoms with Gasteiger partial charge in [0.25, 0.3) is 5.91 Å². The zero-order valence-corrected chi connectivity index (χ0v) is 13.7. The Labute approximate surface area is 135 Å². The fourth-order valence-corrected chi connectivity index (χ4v) is 3.66. The molecule has 1 aliphatic rings. The van der Waals surface area contributed by atoms with E-state index in [4.69, 9.17) is 0 Å². The van der Waals surface area contributed by atoms with E-state index in [-0.39, 0.29) is 11.9 Å². The van der Waals surface area contributed by atoms with Crippen LogP contribution in [0.1, 0.15) is 23.3 Å². The number of amides is 1. The van der Waals surface area contributed by atoms with E-state index in [0.29, 0.717) is 31.6 Å². The Morgan fingerprint density at radius 3 is 2.57 bits per heavy atom. The molecule has 1 fully saturated rings. The number of nitrogens with one attached hydrogen (secondary N) is 1. The second kappa shape index (κ2) is 6.25. The average Bonchev–Trinajstić information content (AvgIpc) is 2.54. The van der Waals surface area contributed by atoms with Gasteiger partial charge in [-0.15, -0.1) is 0 Å². The van der Waals surface area contributed by atoms with E-state index in [0.717, 1.165) is 10.9 Å². The number of hydrogen-bond acceptors (Lipinski definition) is 4. The van der Waals surface area contributed by atoms with Crippen LogP contribution >= 0.6 is 0 Å². The van der Waals surface area contributed by atoms with Crippen molar-refractivity contribution in [3.8, 4) is 0 Å². The van der Waals surface area contributed by atoms with Gasteiger partial charge < -0.3 is 5.32 Å². The SMILES string of the molecule is CS(=O)(=O)N1CCC(NC(=O)c2ccc3ccccc3n2)CC1. The van der Waals surface area contributed by atoms with Crippen molar-refractivity contribution in [2.24, 2.45) is 0 Å². The standard InChI is InChI=1S/C16H19N3O3S/c1-23(21,22)19-10-8-13(9-11-19)17-16(20)15-7-6-12-4-2-3-5-14(12)18-15/h2-7,13H,8-11H2,1H3,(H,17,20). The monoisotopic (exact) mass is 333 g/mol. The number of sulfonamides is 1. The van der Waals surface area contributed by atoms with Gasteiger partial charge in [-0.1, -0.05) is 24.3 Å². The largest absolute Gasteiger partial charge is 0.348 e. The lowest BCUT2D eigenvalue weighted by Crippen LogP contribution is -2.46. The molecule has 0 bridgehead atoms. The van der Waals surface area contributed by atoms with Crippen molar-refractivity contribution in [2.75, 3.05) is 19.3 Å². The summed E-state index contributed by atoms with van der Waals surface area (Å²) in [5.41, 5.74) is 1.17. The maximum absolute atomic E-state index is 12.3. The van der Waals surface area contributed by atoms with Crippen molar-refractivity contribution < 1.29 is 13.2 Å². The first-order chi connectivity index (χ1) is 10.9. The minimum atomic E-state index is -3.15. The summed E-state index contributed by atoms with van der Waals surface area (Å²) in [6.45, 7) is 0.879. The van der Waals surface area contributed by atoms with Gasteiger partial charge in [0.15, 0.2) is 0 Å². The predicted molar refractivity (Wildman–Crippen MR) is 88.6 cm³/mol. The molecule has 3 rings (SSSR count). The van der Waals surface area contributed by atoms with Crippen molar-refractivity contribution in [1.82, 2.24) is 14.6 Å². The third-order valence-corrected chi connectivity index (χ3v) is 5.39. The van der Waals surface area contributed by atoms with E-state index in [1.54, 1.807) is 6.07 Å². The molecular weight excluding hydrogens is 314 g/mol. The maximum atomic E-state index is 12.3. The van der Waals surface area contributed by atoms with Gasteiger partial charge in [-0.3, -0.25) is 4.79 Å². The highest BCUT2D eigenvalue weighted by Crippen LogP contribution is 2.15. The van der Waals surface area contributed by atoms with E-state index < -0.39 is 10.0 Å². The number of para-hydroxylation sites is 1. The Kier molecular flexibility index (Phi) is 4.32. The topological polar surface area (TPSA) is 79.4 Å². The average molecular weight is 333 g/mol. The Bertz CT molecular complexity index is 827.